The van der Waals surface area contributed by atoms with Crippen LogP contribution in [0.1, 0.15) is 40.5 Å². The molecule has 2 aromatic heterocycles. The molecule has 1 amide bonds. The number of thiazole rings is 1. The Bertz CT molecular complexity index is 1500. The van der Waals surface area contributed by atoms with Crippen LogP contribution in [0.2, 0.25) is 0 Å². The van der Waals surface area contributed by atoms with Gasteiger partial charge in [-0.3, -0.25) is 4.79 Å². The van der Waals surface area contributed by atoms with Crippen LogP contribution in [0, 0.1) is 0 Å². The molecule has 1 fully saturated rings. The van der Waals surface area contributed by atoms with Gasteiger partial charge in [0.05, 0.1) is 10.6 Å². The highest BCUT2D eigenvalue weighted by molar-refractivity contribution is 7.18. The first-order chi connectivity index (χ1) is 17.7. The lowest BCUT2D eigenvalue weighted by Gasteiger charge is -2.24. The molecular weight excluding hydrogens is 501 g/mol. The molecule has 3 heterocycles. The molecule has 0 radical (unpaired) electrons. The fourth-order valence-electron chi connectivity index (χ4n) is 5.15. The summed E-state index contributed by atoms with van der Waals surface area (Å²) in [4.78, 5) is 20.2. The van der Waals surface area contributed by atoms with Gasteiger partial charge < -0.3 is 15.2 Å². The maximum Gasteiger partial charge on any atom is 0.422 e. The predicted octanol–water partition coefficient (Wildman–Crippen LogP) is 5.81. The van der Waals surface area contributed by atoms with E-state index >= 15 is 0 Å². The van der Waals surface area contributed by atoms with Crippen LogP contribution < -0.4 is 5.73 Å². The van der Waals surface area contributed by atoms with Crippen LogP contribution in [0.25, 0.3) is 32.5 Å². The highest BCUT2D eigenvalue weighted by Gasteiger charge is 2.42. The highest BCUT2D eigenvalue weighted by atomic mass is 32.1. The second kappa shape index (κ2) is 8.81. The van der Waals surface area contributed by atoms with E-state index in [9.17, 15) is 18.0 Å². The topological polar surface area (TPSA) is 85.2 Å². The molecule has 2 unspecified atom stereocenters. The number of fused-ring (bicyclic) bond motifs is 3. The van der Waals surface area contributed by atoms with Crippen molar-refractivity contribution in [1.82, 2.24) is 15.0 Å². The number of amides is 1. The highest BCUT2D eigenvalue weighted by Crippen LogP contribution is 2.47. The molecule has 1 aliphatic heterocycles. The van der Waals surface area contributed by atoms with E-state index in [0.29, 0.717) is 30.5 Å². The van der Waals surface area contributed by atoms with Gasteiger partial charge in [0.2, 0.25) is 5.76 Å². The van der Waals surface area contributed by atoms with Crippen molar-refractivity contribution in [2.45, 2.75) is 44.4 Å². The Morgan fingerprint density at radius 3 is 2.65 bits per heavy atom. The second-order valence-electron chi connectivity index (χ2n) is 9.46. The molecule has 190 valence electrons. The first-order valence-corrected chi connectivity index (χ1v) is 12.9. The minimum atomic E-state index is -4.67. The zero-order valence-corrected chi connectivity index (χ0v) is 20.7. The zero-order valence-electron chi connectivity index (χ0n) is 19.9. The largest absolute Gasteiger partial charge is 0.422 e. The standard InChI is InChI=1S/C27H23F3N4O2S/c1-14-19(31)11-12-34(14)26(35)17-7-9-18-16(13-17)8-10-20-24(18)37-25(32-20)23-21(27(28,29)30)22(33-36-23)15-5-3-2-4-6-15/h2-7,9,13-14,19H,8,10-12,31H2,1H3. The number of benzene rings is 2. The van der Waals surface area contributed by atoms with Gasteiger partial charge in [-0.05, 0) is 49.4 Å². The number of rotatable bonds is 3. The molecule has 2 atom stereocenters. The van der Waals surface area contributed by atoms with E-state index in [1.54, 1.807) is 41.3 Å². The van der Waals surface area contributed by atoms with Crippen molar-refractivity contribution in [3.63, 3.8) is 0 Å². The first-order valence-electron chi connectivity index (χ1n) is 12.0. The van der Waals surface area contributed by atoms with Crippen LogP contribution in [0.4, 0.5) is 13.2 Å². The summed E-state index contributed by atoms with van der Waals surface area (Å²) < 4.78 is 47.8. The van der Waals surface area contributed by atoms with Crippen molar-refractivity contribution in [2.24, 2.45) is 5.73 Å². The number of nitrogens with two attached hydrogens (primary N) is 1. The lowest BCUT2D eigenvalue weighted by atomic mass is 9.92. The van der Waals surface area contributed by atoms with Gasteiger partial charge in [-0.1, -0.05) is 41.6 Å². The third-order valence-electron chi connectivity index (χ3n) is 7.22. The van der Waals surface area contributed by atoms with Gasteiger partial charge in [-0.2, -0.15) is 13.2 Å². The fourth-order valence-corrected chi connectivity index (χ4v) is 6.30. The molecule has 6 nitrogen and oxygen atoms in total. The van der Waals surface area contributed by atoms with E-state index in [1.165, 1.54) is 0 Å². The molecule has 1 aliphatic carbocycles. The summed E-state index contributed by atoms with van der Waals surface area (Å²) in [6.07, 6.45) is -2.70. The Labute approximate surface area is 214 Å². The number of alkyl halides is 3. The van der Waals surface area contributed by atoms with Crippen molar-refractivity contribution >= 4 is 17.2 Å². The maximum atomic E-state index is 14.2. The Hall–Kier alpha value is -3.50. The van der Waals surface area contributed by atoms with Crippen LogP contribution in [0.5, 0.6) is 0 Å². The summed E-state index contributed by atoms with van der Waals surface area (Å²) in [7, 11) is 0. The summed E-state index contributed by atoms with van der Waals surface area (Å²) in [5.41, 5.74) is 8.39. The number of nitrogens with zero attached hydrogens (tertiary/aromatic N) is 3. The van der Waals surface area contributed by atoms with Crippen molar-refractivity contribution in [3.8, 4) is 32.5 Å². The molecule has 0 spiro atoms. The van der Waals surface area contributed by atoms with E-state index in [1.807, 2.05) is 19.1 Å². The molecule has 2 aliphatic rings. The number of carbonyl (C=O) groups is 1. The molecular formula is C27H23F3N4O2S. The van der Waals surface area contributed by atoms with E-state index in [2.05, 4.69) is 10.1 Å². The van der Waals surface area contributed by atoms with Gasteiger partial charge in [-0.25, -0.2) is 4.98 Å². The normalized spacial score (nSPS) is 19.1. The maximum absolute atomic E-state index is 14.2. The molecule has 2 N–H and O–H groups in total. The minimum absolute atomic E-state index is 0.0234. The fraction of sp³-hybridized carbons (Fsp3) is 0.296. The lowest BCUT2D eigenvalue weighted by Crippen LogP contribution is -2.40. The van der Waals surface area contributed by atoms with Crippen LogP contribution in [0.3, 0.4) is 0 Å². The monoisotopic (exact) mass is 524 g/mol. The summed E-state index contributed by atoms with van der Waals surface area (Å²) in [5, 5.41) is 3.92. The molecule has 1 saturated heterocycles. The van der Waals surface area contributed by atoms with Gasteiger partial charge in [0.1, 0.15) is 11.3 Å². The number of aromatic nitrogens is 2. The molecule has 0 saturated carbocycles. The molecule has 2 aromatic carbocycles. The predicted molar refractivity (Wildman–Crippen MR) is 134 cm³/mol. The van der Waals surface area contributed by atoms with E-state index in [-0.39, 0.29) is 34.5 Å². The molecule has 0 bridgehead atoms. The van der Waals surface area contributed by atoms with Crippen LogP contribution in [-0.4, -0.2) is 39.6 Å². The Morgan fingerprint density at radius 2 is 1.95 bits per heavy atom. The lowest BCUT2D eigenvalue weighted by molar-refractivity contribution is -0.136. The molecule has 4 aromatic rings. The number of hydrogen-bond donors (Lipinski definition) is 1. The van der Waals surface area contributed by atoms with Crippen LogP contribution in [0.15, 0.2) is 53.1 Å². The van der Waals surface area contributed by atoms with Gasteiger partial charge in [0.15, 0.2) is 5.01 Å². The molecule has 6 rings (SSSR count). The quantitative estimate of drug-likeness (QED) is 0.366. The van der Waals surface area contributed by atoms with Gasteiger partial charge >= 0.3 is 6.18 Å². The third kappa shape index (κ3) is 4.04. The van der Waals surface area contributed by atoms with Crippen LogP contribution >= 0.6 is 11.3 Å². The van der Waals surface area contributed by atoms with Crippen molar-refractivity contribution in [2.75, 3.05) is 6.54 Å². The third-order valence-corrected chi connectivity index (χ3v) is 8.35. The van der Waals surface area contributed by atoms with Crippen molar-refractivity contribution in [1.29, 1.82) is 0 Å². The van der Waals surface area contributed by atoms with Gasteiger partial charge in [0.25, 0.3) is 5.91 Å². The number of halogens is 3. The Balaban J connectivity index is 1.37. The van der Waals surface area contributed by atoms with E-state index < -0.39 is 11.7 Å². The Morgan fingerprint density at radius 1 is 1.16 bits per heavy atom. The smallest absolute Gasteiger partial charge is 0.352 e. The van der Waals surface area contributed by atoms with Crippen LogP contribution in [-0.2, 0) is 19.0 Å². The van der Waals surface area contributed by atoms with Crippen molar-refractivity contribution in [3.05, 3.63) is 70.9 Å². The average molecular weight is 525 g/mol. The minimum Gasteiger partial charge on any atom is -0.352 e. The average Bonchev–Trinajstić information content (AvgIpc) is 3.60. The second-order valence-corrected chi connectivity index (χ2v) is 10.5. The zero-order chi connectivity index (χ0) is 25.9. The SMILES string of the molecule is CC1C(N)CCN1C(=O)c1ccc2c(c1)CCc1nc(-c3onc(-c4ccccc4)c3C(F)(F)F)sc1-2. The summed E-state index contributed by atoms with van der Waals surface area (Å²) in [5.74, 6) is -0.428. The number of aryl methyl sites for hydroxylation is 2. The molecule has 10 heteroatoms. The first kappa shape index (κ1) is 23.9. The van der Waals surface area contributed by atoms with Crippen molar-refractivity contribution < 1.29 is 22.5 Å². The number of hydrogen-bond acceptors (Lipinski definition) is 6. The van der Waals surface area contributed by atoms with Gasteiger partial charge in [-0.15, -0.1) is 11.3 Å². The number of carbonyl (C=O) groups excluding carboxylic acids is 1. The number of likely N-dealkylation sites (tertiary alicyclic amines) is 1. The summed E-state index contributed by atoms with van der Waals surface area (Å²) in [6, 6.07) is 13.6. The van der Waals surface area contributed by atoms with Gasteiger partial charge in [0, 0.05) is 29.8 Å². The van der Waals surface area contributed by atoms with E-state index in [0.717, 1.165) is 39.5 Å². The molecule has 37 heavy (non-hydrogen) atoms. The van der Waals surface area contributed by atoms with E-state index in [4.69, 9.17) is 10.3 Å². The summed E-state index contributed by atoms with van der Waals surface area (Å²) >= 11 is 1.15. The Kier molecular flexibility index (Phi) is 5.68. The summed E-state index contributed by atoms with van der Waals surface area (Å²) in [6.45, 7) is 2.59.